The molecule has 0 unspecified atom stereocenters. The van der Waals surface area contributed by atoms with Crippen LogP contribution in [0.1, 0.15) is 19.2 Å². The fourth-order valence-electron chi connectivity index (χ4n) is 1.52. The molecule has 7 heteroatoms. The van der Waals surface area contributed by atoms with E-state index in [-0.39, 0.29) is 0 Å². The number of aromatic nitrogens is 5. The predicted octanol–water partition coefficient (Wildman–Crippen LogP) is 1.05. The lowest BCUT2D eigenvalue weighted by atomic mass is 10.4. The van der Waals surface area contributed by atoms with Crippen LogP contribution in [-0.4, -0.2) is 37.9 Å². The van der Waals surface area contributed by atoms with Crippen LogP contribution in [0.5, 0.6) is 5.88 Å². The summed E-state index contributed by atoms with van der Waals surface area (Å²) in [6.45, 7) is 3.43. The fraction of sp³-hybridized carbons (Fsp3) is 0.500. The monoisotopic (exact) mass is 262 g/mol. The van der Waals surface area contributed by atoms with Crippen molar-refractivity contribution in [1.82, 2.24) is 24.7 Å². The maximum atomic E-state index is 5.44. The number of nitrogens with zero attached hydrogens (tertiary/aromatic N) is 5. The zero-order valence-corrected chi connectivity index (χ0v) is 11.2. The molecule has 0 spiro atoms. The molecule has 1 N–H and O–H groups in total. The number of hydrogen-bond donors (Lipinski definition) is 1. The maximum absolute atomic E-state index is 5.44. The second-order valence-corrected chi connectivity index (χ2v) is 4.10. The van der Waals surface area contributed by atoms with E-state index >= 15 is 0 Å². The summed E-state index contributed by atoms with van der Waals surface area (Å²) in [6, 6.07) is 1.79. The summed E-state index contributed by atoms with van der Waals surface area (Å²) in [4.78, 5) is 12.3. The Balaban J connectivity index is 1.82. The minimum atomic E-state index is 0.593. The van der Waals surface area contributed by atoms with Crippen molar-refractivity contribution in [3.63, 3.8) is 0 Å². The van der Waals surface area contributed by atoms with Crippen LogP contribution in [0.4, 0.5) is 5.82 Å². The van der Waals surface area contributed by atoms with Gasteiger partial charge in [0.05, 0.1) is 6.61 Å². The molecule has 2 aromatic heterocycles. The Bertz CT molecular complexity index is 512. The molecule has 19 heavy (non-hydrogen) atoms. The van der Waals surface area contributed by atoms with Gasteiger partial charge in [-0.25, -0.2) is 15.0 Å². The molecular weight excluding hydrogens is 244 g/mol. The number of anilines is 1. The second-order valence-electron chi connectivity index (χ2n) is 4.10. The van der Waals surface area contributed by atoms with Crippen molar-refractivity contribution in [1.29, 1.82) is 0 Å². The highest BCUT2D eigenvalue weighted by molar-refractivity contribution is 5.36. The van der Waals surface area contributed by atoms with E-state index in [0.29, 0.717) is 19.0 Å². The van der Waals surface area contributed by atoms with Gasteiger partial charge in [-0.2, -0.15) is 5.10 Å². The van der Waals surface area contributed by atoms with Gasteiger partial charge in [0.15, 0.2) is 5.82 Å². The number of hydrogen-bond acceptors (Lipinski definition) is 6. The van der Waals surface area contributed by atoms with Crippen LogP contribution in [0, 0.1) is 0 Å². The van der Waals surface area contributed by atoms with Gasteiger partial charge < -0.3 is 10.1 Å². The van der Waals surface area contributed by atoms with Gasteiger partial charge in [-0.15, -0.1) is 0 Å². The van der Waals surface area contributed by atoms with E-state index in [9.17, 15) is 0 Å². The molecule has 0 fully saturated rings. The SMILES string of the molecule is CCCOc1cc(NCCc2ncn(C)n2)ncn1. The summed E-state index contributed by atoms with van der Waals surface area (Å²) in [7, 11) is 1.85. The van der Waals surface area contributed by atoms with Gasteiger partial charge >= 0.3 is 0 Å². The standard InChI is InChI=1S/C12H18N6O/c1-3-6-19-12-7-11(14-8-15-12)13-5-4-10-16-9-18(2)17-10/h7-9H,3-6H2,1-2H3,(H,13,14,15). The Morgan fingerprint density at radius 1 is 1.32 bits per heavy atom. The molecule has 2 rings (SSSR count). The fourth-order valence-corrected chi connectivity index (χ4v) is 1.52. The first kappa shape index (κ1) is 13.3. The molecule has 0 aromatic carbocycles. The number of nitrogens with one attached hydrogen (secondary N) is 1. The lowest BCUT2D eigenvalue weighted by Gasteiger charge is -2.06. The Labute approximate surface area is 112 Å². The van der Waals surface area contributed by atoms with E-state index < -0.39 is 0 Å². The van der Waals surface area contributed by atoms with Crippen molar-refractivity contribution in [2.24, 2.45) is 7.05 Å². The second kappa shape index (κ2) is 6.67. The molecule has 0 saturated carbocycles. The summed E-state index contributed by atoms with van der Waals surface area (Å²) in [5, 5.41) is 7.41. The van der Waals surface area contributed by atoms with E-state index in [0.717, 1.165) is 24.5 Å². The molecule has 0 aliphatic heterocycles. The van der Waals surface area contributed by atoms with Crippen LogP contribution in [0.2, 0.25) is 0 Å². The molecule has 0 saturated heterocycles. The zero-order chi connectivity index (χ0) is 13.5. The third kappa shape index (κ3) is 4.20. The largest absolute Gasteiger partial charge is 0.478 e. The quantitative estimate of drug-likeness (QED) is 0.803. The third-order valence-corrected chi connectivity index (χ3v) is 2.40. The van der Waals surface area contributed by atoms with E-state index in [1.165, 1.54) is 6.33 Å². The molecule has 102 valence electrons. The summed E-state index contributed by atoms with van der Waals surface area (Å²) in [5.74, 6) is 2.15. The molecule has 0 radical (unpaired) electrons. The highest BCUT2D eigenvalue weighted by Gasteiger charge is 2.01. The molecular formula is C12H18N6O. The van der Waals surface area contributed by atoms with Crippen molar-refractivity contribution >= 4 is 5.82 Å². The van der Waals surface area contributed by atoms with Crippen molar-refractivity contribution in [2.45, 2.75) is 19.8 Å². The first-order valence-electron chi connectivity index (χ1n) is 6.31. The van der Waals surface area contributed by atoms with Gasteiger partial charge in [0.1, 0.15) is 18.5 Å². The Morgan fingerprint density at radius 3 is 2.95 bits per heavy atom. The average molecular weight is 262 g/mol. The minimum Gasteiger partial charge on any atom is -0.478 e. The summed E-state index contributed by atoms with van der Waals surface area (Å²) >= 11 is 0. The smallest absolute Gasteiger partial charge is 0.218 e. The van der Waals surface area contributed by atoms with Crippen LogP contribution >= 0.6 is 0 Å². The number of aryl methyl sites for hydroxylation is 1. The van der Waals surface area contributed by atoms with E-state index in [1.54, 1.807) is 17.1 Å². The van der Waals surface area contributed by atoms with Gasteiger partial charge in [0.2, 0.25) is 5.88 Å². The van der Waals surface area contributed by atoms with E-state index in [2.05, 4.69) is 32.3 Å². The topological polar surface area (TPSA) is 77.8 Å². The Hall–Kier alpha value is -2.18. The highest BCUT2D eigenvalue weighted by atomic mass is 16.5. The van der Waals surface area contributed by atoms with Crippen LogP contribution < -0.4 is 10.1 Å². The van der Waals surface area contributed by atoms with Crippen LogP contribution in [0.25, 0.3) is 0 Å². The average Bonchev–Trinajstić information content (AvgIpc) is 2.83. The van der Waals surface area contributed by atoms with Gasteiger partial charge in [0, 0.05) is 26.1 Å². The number of rotatable bonds is 7. The lowest BCUT2D eigenvalue weighted by Crippen LogP contribution is -2.08. The molecule has 7 nitrogen and oxygen atoms in total. The van der Waals surface area contributed by atoms with Crippen molar-refractivity contribution in [3.05, 3.63) is 24.5 Å². The van der Waals surface area contributed by atoms with Crippen molar-refractivity contribution in [2.75, 3.05) is 18.5 Å². The van der Waals surface area contributed by atoms with E-state index in [1.807, 2.05) is 7.05 Å². The van der Waals surface area contributed by atoms with Crippen molar-refractivity contribution < 1.29 is 4.74 Å². The van der Waals surface area contributed by atoms with E-state index in [4.69, 9.17) is 4.74 Å². The molecule has 0 aliphatic carbocycles. The molecule has 0 atom stereocenters. The highest BCUT2D eigenvalue weighted by Crippen LogP contribution is 2.10. The lowest BCUT2D eigenvalue weighted by molar-refractivity contribution is 0.305. The first-order chi connectivity index (χ1) is 9.28. The maximum Gasteiger partial charge on any atom is 0.218 e. The number of ether oxygens (including phenoxy) is 1. The predicted molar refractivity (Wildman–Crippen MR) is 71.0 cm³/mol. The first-order valence-corrected chi connectivity index (χ1v) is 6.31. The Morgan fingerprint density at radius 2 is 2.21 bits per heavy atom. The van der Waals surface area contributed by atoms with Gasteiger partial charge in [0.25, 0.3) is 0 Å². The Kier molecular flexibility index (Phi) is 4.66. The van der Waals surface area contributed by atoms with Crippen LogP contribution in [0.15, 0.2) is 18.7 Å². The van der Waals surface area contributed by atoms with Gasteiger partial charge in [-0.1, -0.05) is 6.92 Å². The minimum absolute atomic E-state index is 0.593. The third-order valence-electron chi connectivity index (χ3n) is 2.40. The van der Waals surface area contributed by atoms with Crippen LogP contribution in [0.3, 0.4) is 0 Å². The molecule has 0 amide bonds. The van der Waals surface area contributed by atoms with Crippen LogP contribution in [-0.2, 0) is 13.5 Å². The van der Waals surface area contributed by atoms with Gasteiger partial charge in [-0.3, -0.25) is 4.68 Å². The molecule has 0 bridgehead atoms. The van der Waals surface area contributed by atoms with Gasteiger partial charge in [-0.05, 0) is 6.42 Å². The molecule has 2 aromatic rings. The summed E-state index contributed by atoms with van der Waals surface area (Å²) in [5.41, 5.74) is 0. The van der Waals surface area contributed by atoms with Crippen molar-refractivity contribution in [3.8, 4) is 5.88 Å². The summed E-state index contributed by atoms with van der Waals surface area (Å²) < 4.78 is 7.14. The summed E-state index contributed by atoms with van der Waals surface area (Å²) in [6.07, 6.45) is 4.89. The normalized spacial score (nSPS) is 10.4. The molecule has 2 heterocycles. The zero-order valence-electron chi connectivity index (χ0n) is 11.2. The molecule has 0 aliphatic rings.